The molecule has 0 spiro atoms. The molecule has 6 heteroatoms. The maximum atomic E-state index is 12.9. The largest absolute Gasteiger partial charge is 0.462 e. The zero-order chi connectivity index (χ0) is 56.4. The van der Waals surface area contributed by atoms with Crippen LogP contribution >= 0.6 is 0 Å². The van der Waals surface area contributed by atoms with Crippen molar-refractivity contribution in [2.75, 3.05) is 13.2 Å². The van der Waals surface area contributed by atoms with Crippen molar-refractivity contribution < 1.29 is 28.6 Å². The van der Waals surface area contributed by atoms with E-state index >= 15 is 0 Å². The van der Waals surface area contributed by atoms with Gasteiger partial charge >= 0.3 is 17.9 Å². The average molecular weight is 1080 g/mol. The van der Waals surface area contributed by atoms with E-state index in [0.717, 1.165) is 141 Å². The van der Waals surface area contributed by atoms with Crippen LogP contribution in [-0.2, 0) is 28.6 Å². The molecular formula is C72H122O6. The highest BCUT2D eigenvalue weighted by Gasteiger charge is 2.19. The summed E-state index contributed by atoms with van der Waals surface area (Å²) in [5.74, 6) is -0.900. The normalized spacial score (nSPS) is 12.8. The Hall–Kier alpha value is -3.93. The molecule has 0 aliphatic heterocycles. The lowest BCUT2D eigenvalue weighted by Crippen LogP contribution is -2.30. The Morgan fingerprint density at radius 1 is 0.269 bits per heavy atom. The first-order valence-corrected chi connectivity index (χ1v) is 32.9. The van der Waals surface area contributed by atoms with E-state index in [1.807, 2.05) is 0 Å². The maximum Gasteiger partial charge on any atom is 0.306 e. The highest BCUT2D eigenvalue weighted by atomic mass is 16.6. The van der Waals surface area contributed by atoms with Gasteiger partial charge in [0.2, 0.25) is 0 Å². The van der Waals surface area contributed by atoms with E-state index in [0.29, 0.717) is 19.3 Å². The van der Waals surface area contributed by atoms with Crippen LogP contribution in [0.3, 0.4) is 0 Å². The third-order valence-electron chi connectivity index (χ3n) is 14.0. The summed E-state index contributed by atoms with van der Waals surface area (Å²) < 4.78 is 16.9. The van der Waals surface area contributed by atoms with E-state index in [4.69, 9.17) is 14.2 Å². The second-order valence-electron chi connectivity index (χ2n) is 21.6. The molecule has 0 aromatic rings. The molecular weight excluding hydrogens is 961 g/mol. The number of hydrogen-bond acceptors (Lipinski definition) is 6. The monoisotopic (exact) mass is 1080 g/mol. The van der Waals surface area contributed by atoms with Gasteiger partial charge in [-0.3, -0.25) is 14.4 Å². The van der Waals surface area contributed by atoms with Gasteiger partial charge < -0.3 is 14.2 Å². The van der Waals surface area contributed by atoms with Crippen LogP contribution in [0.4, 0.5) is 0 Å². The van der Waals surface area contributed by atoms with Crippen LogP contribution in [0.15, 0.2) is 109 Å². The molecule has 0 heterocycles. The number of hydrogen-bond donors (Lipinski definition) is 0. The second-order valence-corrected chi connectivity index (χ2v) is 21.6. The van der Waals surface area contributed by atoms with E-state index in [-0.39, 0.29) is 31.1 Å². The predicted molar refractivity (Wildman–Crippen MR) is 339 cm³/mol. The molecule has 0 saturated carbocycles. The first-order valence-electron chi connectivity index (χ1n) is 32.9. The Morgan fingerprint density at radius 2 is 0.526 bits per heavy atom. The molecule has 0 N–H and O–H groups in total. The van der Waals surface area contributed by atoms with Gasteiger partial charge in [0, 0.05) is 19.3 Å². The first-order chi connectivity index (χ1) is 38.5. The smallest absolute Gasteiger partial charge is 0.306 e. The molecule has 0 rings (SSSR count). The Labute approximate surface area is 482 Å². The SMILES string of the molecule is CC/C=C\C/C=C\C/C=C\C/C=C\C/C=C\C/C=C\C/C=C\CCCCCCCCCC(=O)OCC(COC(=O)CCCCCCC/C=C\C/C=C\CCC)OC(=O)CCCCCCCCCCCCCCCCCCCC. The van der Waals surface area contributed by atoms with E-state index in [9.17, 15) is 14.4 Å². The Balaban J connectivity index is 4.32. The Bertz CT molecular complexity index is 1570. The minimum Gasteiger partial charge on any atom is -0.462 e. The van der Waals surface area contributed by atoms with Gasteiger partial charge in [-0.2, -0.15) is 0 Å². The Kier molecular flexibility index (Phi) is 62.3. The summed E-state index contributed by atoms with van der Waals surface area (Å²) in [4.78, 5) is 38.3. The fourth-order valence-electron chi connectivity index (χ4n) is 9.11. The standard InChI is InChI=1S/C72H122O6/c1-4-7-10-13-16-19-22-25-27-29-31-32-33-34-35-36-37-38-39-40-41-43-44-47-50-53-56-59-62-65-71(74)77-68-69(67-76-70(73)64-61-58-55-52-49-46-24-21-18-15-12-9-6-3)78-72(75)66-63-60-57-54-51-48-45-42-30-28-26-23-20-17-14-11-8-5-2/h7,10,12,15-16,19,21,24-25,27,31-32,34-35,37-38,40-41,69H,4-6,8-9,11,13-14,17-18,20,22-23,26,28-30,33,36,39,42-68H2,1-3H3/b10-7-,15-12-,19-16-,24-21-,27-25-,32-31-,35-34-,38-37-,41-40-. The van der Waals surface area contributed by atoms with Gasteiger partial charge in [0.15, 0.2) is 6.10 Å². The summed E-state index contributed by atoms with van der Waals surface area (Å²) in [5, 5.41) is 0. The average Bonchev–Trinajstić information content (AvgIpc) is 3.44. The fraction of sp³-hybridized carbons (Fsp3) is 0.708. The van der Waals surface area contributed by atoms with Crippen LogP contribution < -0.4 is 0 Å². The van der Waals surface area contributed by atoms with Crippen LogP contribution in [0.2, 0.25) is 0 Å². The highest BCUT2D eigenvalue weighted by Crippen LogP contribution is 2.17. The summed E-state index contributed by atoms with van der Waals surface area (Å²) in [6, 6.07) is 0. The molecule has 1 atom stereocenters. The number of esters is 3. The van der Waals surface area contributed by atoms with Crippen molar-refractivity contribution in [2.45, 2.75) is 316 Å². The molecule has 0 aromatic carbocycles. The number of unbranched alkanes of at least 4 members (excludes halogenated alkanes) is 30. The molecule has 0 saturated heterocycles. The van der Waals surface area contributed by atoms with Crippen molar-refractivity contribution in [2.24, 2.45) is 0 Å². The highest BCUT2D eigenvalue weighted by molar-refractivity contribution is 5.71. The zero-order valence-electron chi connectivity index (χ0n) is 51.2. The summed E-state index contributed by atoms with van der Waals surface area (Å²) in [5.41, 5.74) is 0. The molecule has 0 aromatic heterocycles. The van der Waals surface area contributed by atoms with E-state index < -0.39 is 6.10 Å². The Morgan fingerprint density at radius 3 is 0.833 bits per heavy atom. The molecule has 0 aliphatic rings. The molecule has 0 radical (unpaired) electrons. The fourth-order valence-corrected chi connectivity index (χ4v) is 9.11. The number of carbonyl (C=O) groups excluding carboxylic acids is 3. The van der Waals surface area contributed by atoms with Crippen LogP contribution in [0.5, 0.6) is 0 Å². The van der Waals surface area contributed by atoms with Crippen molar-refractivity contribution in [3.63, 3.8) is 0 Å². The maximum absolute atomic E-state index is 12.9. The summed E-state index contributed by atoms with van der Waals surface area (Å²) in [6.07, 6.45) is 89.5. The van der Waals surface area contributed by atoms with Gasteiger partial charge in [-0.25, -0.2) is 0 Å². The molecule has 446 valence electrons. The van der Waals surface area contributed by atoms with Gasteiger partial charge in [-0.05, 0) is 103 Å². The van der Waals surface area contributed by atoms with E-state index in [1.54, 1.807) is 0 Å². The van der Waals surface area contributed by atoms with Crippen molar-refractivity contribution in [1.82, 2.24) is 0 Å². The van der Waals surface area contributed by atoms with Crippen molar-refractivity contribution in [3.05, 3.63) is 109 Å². The van der Waals surface area contributed by atoms with Crippen LogP contribution in [0.1, 0.15) is 310 Å². The molecule has 0 aliphatic carbocycles. The zero-order valence-corrected chi connectivity index (χ0v) is 51.2. The number of carbonyl (C=O) groups is 3. The summed E-state index contributed by atoms with van der Waals surface area (Å²) >= 11 is 0. The van der Waals surface area contributed by atoms with Gasteiger partial charge in [-0.15, -0.1) is 0 Å². The summed E-state index contributed by atoms with van der Waals surface area (Å²) in [6.45, 7) is 6.47. The number of rotatable bonds is 59. The minimum absolute atomic E-state index is 0.0870. The molecule has 0 amide bonds. The number of allylic oxidation sites excluding steroid dienone is 18. The minimum atomic E-state index is -0.789. The molecule has 78 heavy (non-hydrogen) atoms. The molecule has 0 bridgehead atoms. The van der Waals surface area contributed by atoms with E-state index in [1.165, 1.54) is 128 Å². The van der Waals surface area contributed by atoms with E-state index in [2.05, 4.69) is 130 Å². The van der Waals surface area contributed by atoms with Gasteiger partial charge in [0.05, 0.1) is 0 Å². The topological polar surface area (TPSA) is 78.9 Å². The van der Waals surface area contributed by atoms with Crippen molar-refractivity contribution >= 4 is 17.9 Å². The molecule has 1 unspecified atom stereocenters. The lowest BCUT2D eigenvalue weighted by molar-refractivity contribution is -0.167. The lowest BCUT2D eigenvalue weighted by atomic mass is 10.0. The number of ether oxygens (including phenoxy) is 3. The van der Waals surface area contributed by atoms with Crippen LogP contribution in [0.25, 0.3) is 0 Å². The first kappa shape index (κ1) is 74.1. The third kappa shape index (κ3) is 62.9. The van der Waals surface area contributed by atoms with Gasteiger partial charge in [0.1, 0.15) is 13.2 Å². The van der Waals surface area contributed by atoms with Crippen LogP contribution in [-0.4, -0.2) is 37.2 Å². The van der Waals surface area contributed by atoms with Crippen molar-refractivity contribution in [1.29, 1.82) is 0 Å². The van der Waals surface area contributed by atoms with Gasteiger partial charge in [-0.1, -0.05) is 297 Å². The van der Waals surface area contributed by atoms with Crippen molar-refractivity contribution in [3.8, 4) is 0 Å². The quantitative estimate of drug-likeness (QED) is 0.0261. The molecule has 0 fully saturated rings. The lowest BCUT2D eigenvalue weighted by Gasteiger charge is -2.18. The third-order valence-corrected chi connectivity index (χ3v) is 14.0. The summed E-state index contributed by atoms with van der Waals surface area (Å²) in [7, 11) is 0. The van der Waals surface area contributed by atoms with Gasteiger partial charge in [0.25, 0.3) is 0 Å². The predicted octanol–water partition coefficient (Wildman–Crippen LogP) is 22.6. The second kappa shape index (κ2) is 65.6. The molecule has 6 nitrogen and oxygen atoms in total. The van der Waals surface area contributed by atoms with Crippen LogP contribution in [0, 0.1) is 0 Å².